The van der Waals surface area contributed by atoms with Crippen LogP contribution in [0.1, 0.15) is 35.1 Å². The van der Waals surface area contributed by atoms with Gasteiger partial charge in [-0.2, -0.15) is 0 Å². The van der Waals surface area contributed by atoms with Crippen molar-refractivity contribution in [2.75, 3.05) is 26.3 Å². The van der Waals surface area contributed by atoms with Crippen LogP contribution in [0, 0.1) is 6.92 Å². The van der Waals surface area contributed by atoms with Crippen molar-refractivity contribution in [2.45, 2.75) is 25.3 Å². The zero-order valence-corrected chi connectivity index (χ0v) is 14.5. The van der Waals surface area contributed by atoms with Crippen molar-refractivity contribution in [1.29, 1.82) is 0 Å². The summed E-state index contributed by atoms with van der Waals surface area (Å²) in [7, 11) is 0. The molecule has 2 atom stereocenters. The topological polar surface area (TPSA) is 38.8 Å². The highest BCUT2D eigenvalue weighted by Crippen LogP contribution is 2.42. The maximum atomic E-state index is 11.1. The van der Waals surface area contributed by atoms with Crippen LogP contribution < -0.4 is 9.47 Å². The first-order valence-electron chi connectivity index (χ1n) is 8.88. The molecule has 0 bridgehead atoms. The van der Waals surface area contributed by atoms with E-state index >= 15 is 0 Å². The first-order chi connectivity index (χ1) is 12.2. The second-order valence-corrected chi connectivity index (χ2v) is 6.88. The van der Waals surface area contributed by atoms with Gasteiger partial charge in [-0.25, -0.2) is 0 Å². The number of rotatable bonds is 4. The Labute approximate surface area is 148 Å². The Hall–Kier alpha value is -2.33. The van der Waals surface area contributed by atoms with Crippen LogP contribution in [-0.2, 0) is 4.79 Å². The fourth-order valence-electron chi connectivity index (χ4n) is 3.89. The van der Waals surface area contributed by atoms with Crippen LogP contribution in [-0.4, -0.2) is 37.5 Å². The van der Waals surface area contributed by atoms with Crippen molar-refractivity contribution < 1.29 is 14.3 Å². The largest absolute Gasteiger partial charge is 0.486 e. The molecule has 1 saturated heterocycles. The van der Waals surface area contributed by atoms with E-state index in [0.717, 1.165) is 30.8 Å². The van der Waals surface area contributed by atoms with E-state index in [1.54, 1.807) is 0 Å². The van der Waals surface area contributed by atoms with E-state index in [-0.39, 0.29) is 6.04 Å². The van der Waals surface area contributed by atoms with Crippen LogP contribution in [0.2, 0.25) is 0 Å². The molecule has 130 valence electrons. The Kier molecular flexibility index (Phi) is 4.45. The SMILES string of the molecule is Cc1ccc([C@H]2CC(c3ccc4c(c3)OCCO4)CN2CC=O)cc1. The van der Waals surface area contributed by atoms with Gasteiger partial charge in [0.15, 0.2) is 11.5 Å². The number of carbonyl (C=O) groups is 1. The normalized spacial score (nSPS) is 22.8. The molecular formula is C21H23NO3. The predicted octanol–water partition coefficient (Wildman–Crippen LogP) is 3.50. The fourth-order valence-corrected chi connectivity index (χ4v) is 3.89. The van der Waals surface area contributed by atoms with Gasteiger partial charge < -0.3 is 14.3 Å². The number of ether oxygens (including phenoxy) is 2. The molecule has 2 aromatic carbocycles. The van der Waals surface area contributed by atoms with Gasteiger partial charge in [-0.3, -0.25) is 4.90 Å². The van der Waals surface area contributed by atoms with Gasteiger partial charge in [-0.15, -0.1) is 0 Å². The Morgan fingerprint density at radius 1 is 1.04 bits per heavy atom. The molecule has 2 aliphatic heterocycles. The number of fused-ring (bicyclic) bond motifs is 1. The highest BCUT2D eigenvalue weighted by atomic mass is 16.6. The van der Waals surface area contributed by atoms with Crippen molar-refractivity contribution in [3.8, 4) is 11.5 Å². The maximum Gasteiger partial charge on any atom is 0.161 e. The number of likely N-dealkylation sites (tertiary alicyclic amines) is 1. The third-order valence-corrected chi connectivity index (χ3v) is 5.21. The summed E-state index contributed by atoms with van der Waals surface area (Å²) in [5, 5.41) is 0. The molecule has 4 heteroatoms. The maximum absolute atomic E-state index is 11.1. The molecule has 2 aliphatic rings. The second-order valence-electron chi connectivity index (χ2n) is 6.88. The molecule has 4 rings (SSSR count). The molecule has 0 aliphatic carbocycles. The number of hydrogen-bond donors (Lipinski definition) is 0. The van der Waals surface area contributed by atoms with E-state index in [1.165, 1.54) is 16.7 Å². The smallest absolute Gasteiger partial charge is 0.161 e. The van der Waals surface area contributed by atoms with Crippen LogP contribution in [0.5, 0.6) is 11.5 Å². The number of aryl methyl sites for hydroxylation is 1. The molecule has 2 aromatic rings. The molecule has 25 heavy (non-hydrogen) atoms. The Bertz CT molecular complexity index is 756. The summed E-state index contributed by atoms with van der Waals surface area (Å²) in [6, 6.07) is 15.2. The minimum Gasteiger partial charge on any atom is -0.486 e. The molecule has 0 amide bonds. The predicted molar refractivity (Wildman–Crippen MR) is 96.3 cm³/mol. The first kappa shape index (κ1) is 16.2. The summed E-state index contributed by atoms with van der Waals surface area (Å²) in [5.74, 6) is 2.05. The van der Waals surface area contributed by atoms with Gasteiger partial charge in [0.25, 0.3) is 0 Å². The molecule has 1 fully saturated rings. The lowest BCUT2D eigenvalue weighted by atomic mass is 9.93. The van der Waals surface area contributed by atoms with Gasteiger partial charge in [-0.05, 0) is 42.5 Å². The Morgan fingerprint density at radius 2 is 1.76 bits per heavy atom. The van der Waals surface area contributed by atoms with Crippen molar-refractivity contribution in [1.82, 2.24) is 4.90 Å². The molecule has 1 unspecified atom stereocenters. The molecule has 2 heterocycles. The molecule has 4 nitrogen and oxygen atoms in total. The van der Waals surface area contributed by atoms with Gasteiger partial charge in [-0.1, -0.05) is 35.9 Å². The monoisotopic (exact) mass is 337 g/mol. The molecule has 0 radical (unpaired) electrons. The quantitative estimate of drug-likeness (QED) is 0.801. The number of aldehydes is 1. The lowest BCUT2D eigenvalue weighted by Crippen LogP contribution is -2.25. The van der Waals surface area contributed by atoms with E-state index in [1.807, 2.05) is 6.07 Å². The van der Waals surface area contributed by atoms with Crippen molar-refractivity contribution in [3.05, 3.63) is 59.2 Å². The van der Waals surface area contributed by atoms with Gasteiger partial charge in [0.1, 0.15) is 19.5 Å². The summed E-state index contributed by atoms with van der Waals surface area (Å²) in [6.45, 7) is 4.67. The average Bonchev–Trinajstić information content (AvgIpc) is 3.06. The Morgan fingerprint density at radius 3 is 2.52 bits per heavy atom. The zero-order chi connectivity index (χ0) is 17.2. The molecule has 0 spiro atoms. The summed E-state index contributed by atoms with van der Waals surface area (Å²) in [4.78, 5) is 13.4. The summed E-state index contributed by atoms with van der Waals surface area (Å²) in [6.07, 6.45) is 2.02. The third kappa shape index (κ3) is 3.27. The zero-order valence-electron chi connectivity index (χ0n) is 14.5. The molecule has 0 saturated carbocycles. The lowest BCUT2D eigenvalue weighted by Gasteiger charge is -2.22. The van der Waals surface area contributed by atoms with Gasteiger partial charge in [0, 0.05) is 12.6 Å². The first-order valence-corrected chi connectivity index (χ1v) is 8.88. The number of carbonyl (C=O) groups excluding carboxylic acids is 1. The summed E-state index contributed by atoms with van der Waals surface area (Å²) in [5.41, 5.74) is 3.80. The standard InChI is InChI=1S/C21H23NO3/c1-15-2-4-16(5-3-15)19-12-18(14-22(19)8-9-23)17-6-7-20-21(13-17)25-11-10-24-20/h2-7,9,13,18-19H,8,10-12,14H2,1H3/t18?,19-/m1/s1. The molecular weight excluding hydrogens is 314 g/mol. The van der Waals surface area contributed by atoms with E-state index in [0.29, 0.717) is 25.7 Å². The van der Waals surface area contributed by atoms with Crippen molar-refractivity contribution in [2.24, 2.45) is 0 Å². The molecule has 0 N–H and O–H groups in total. The van der Waals surface area contributed by atoms with E-state index in [2.05, 4.69) is 48.2 Å². The minimum absolute atomic E-state index is 0.281. The summed E-state index contributed by atoms with van der Waals surface area (Å²) >= 11 is 0. The highest BCUT2D eigenvalue weighted by Gasteiger charge is 2.34. The van der Waals surface area contributed by atoms with Crippen molar-refractivity contribution >= 4 is 6.29 Å². The summed E-state index contributed by atoms with van der Waals surface area (Å²) < 4.78 is 11.3. The van der Waals surface area contributed by atoms with E-state index < -0.39 is 0 Å². The van der Waals surface area contributed by atoms with Crippen molar-refractivity contribution in [3.63, 3.8) is 0 Å². The number of nitrogens with zero attached hydrogens (tertiary/aromatic N) is 1. The fraction of sp³-hybridized carbons (Fsp3) is 0.381. The van der Waals surface area contributed by atoms with Gasteiger partial charge in [0.05, 0.1) is 6.54 Å². The van der Waals surface area contributed by atoms with Crippen LogP contribution >= 0.6 is 0 Å². The Balaban J connectivity index is 1.59. The van der Waals surface area contributed by atoms with E-state index in [4.69, 9.17) is 9.47 Å². The molecule has 0 aromatic heterocycles. The second kappa shape index (κ2) is 6.89. The minimum atomic E-state index is 0.281. The van der Waals surface area contributed by atoms with Gasteiger partial charge in [0.2, 0.25) is 0 Å². The third-order valence-electron chi connectivity index (χ3n) is 5.21. The van der Waals surface area contributed by atoms with Crippen LogP contribution in [0.15, 0.2) is 42.5 Å². The van der Waals surface area contributed by atoms with E-state index in [9.17, 15) is 4.79 Å². The lowest BCUT2D eigenvalue weighted by molar-refractivity contribution is -0.109. The number of hydrogen-bond acceptors (Lipinski definition) is 4. The van der Waals surface area contributed by atoms with Gasteiger partial charge >= 0.3 is 0 Å². The van der Waals surface area contributed by atoms with Crippen LogP contribution in [0.3, 0.4) is 0 Å². The highest BCUT2D eigenvalue weighted by molar-refractivity contribution is 5.52. The van der Waals surface area contributed by atoms with Crippen LogP contribution in [0.4, 0.5) is 0 Å². The van der Waals surface area contributed by atoms with Crippen LogP contribution in [0.25, 0.3) is 0 Å². The number of benzene rings is 2. The average molecular weight is 337 g/mol.